The molecule has 1 fully saturated rings. The zero-order valence-corrected chi connectivity index (χ0v) is 15.0. The third kappa shape index (κ3) is 3.86. The standard InChI is InChI=1S/C20H28N2O3/c1-2-15-9-6-10-16-18(15)20(25)22(19(16)24)13-17(23)21-12-11-14-7-4-3-5-8-14/h6-7,9,15-16,18H,2-5,8,10-13H2,1H3,(H,21,23)/t15-,16-,18-/m1/s1. The molecule has 0 bridgehead atoms. The first kappa shape index (κ1) is 17.9. The molecule has 1 saturated heterocycles. The van der Waals surface area contributed by atoms with Crippen molar-refractivity contribution < 1.29 is 14.4 Å². The fourth-order valence-corrected chi connectivity index (χ4v) is 4.30. The molecule has 1 heterocycles. The Morgan fingerprint density at radius 2 is 2.12 bits per heavy atom. The molecule has 0 aromatic heterocycles. The van der Waals surface area contributed by atoms with Gasteiger partial charge in [0.15, 0.2) is 0 Å². The molecule has 0 spiro atoms. The minimum atomic E-state index is -0.275. The summed E-state index contributed by atoms with van der Waals surface area (Å²) in [6.07, 6.45) is 13.4. The molecule has 3 atom stereocenters. The summed E-state index contributed by atoms with van der Waals surface area (Å²) in [6, 6.07) is 0. The van der Waals surface area contributed by atoms with Gasteiger partial charge in [-0.05, 0) is 50.9 Å². The van der Waals surface area contributed by atoms with E-state index in [9.17, 15) is 14.4 Å². The molecule has 0 aromatic carbocycles. The molecule has 5 nitrogen and oxygen atoms in total. The van der Waals surface area contributed by atoms with E-state index in [4.69, 9.17) is 0 Å². The smallest absolute Gasteiger partial charge is 0.240 e. The predicted octanol–water partition coefficient (Wildman–Crippen LogP) is 2.58. The molecule has 1 aliphatic heterocycles. The fraction of sp³-hybridized carbons (Fsp3) is 0.650. The number of likely N-dealkylation sites (tertiary alicyclic amines) is 1. The van der Waals surface area contributed by atoms with Gasteiger partial charge in [-0.3, -0.25) is 19.3 Å². The van der Waals surface area contributed by atoms with E-state index in [1.807, 2.05) is 19.1 Å². The molecular formula is C20H28N2O3. The molecule has 0 unspecified atom stereocenters. The van der Waals surface area contributed by atoms with Crippen molar-refractivity contribution in [1.29, 1.82) is 0 Å². The minimum absolute atomic E-state index is 0.112. The van der Waals surface area contributed by atoms with Crippen molar-refractivity contribution in [2.24, 2.45) is 17.8 Å². The highest BCUT2D eigenvalue weighted by atomic mass is 16.2. The second kappa shape index (κ2) is 7.98. The Labute approximate surface area is 149 Å². The summed E-state index contributed by atoms with van der Waals surface area (Å²) in [5.41, 5.74) is 1.41. The van der Waals surface area contributed by atoms with Crippen molar-refractivity contribution in [2.45, 2.75) is 51.9 Å². The Balaban J connectivity index is 1.52. The highest BCUT2D eigenvalue weighted by molar-refractivity contribution is 6.07. The third-order valence-electron chi connectivity index (χ3n) is 5.73. The van der Waals surface area contributed by atoms with Crippen LogP contribution in [0, 0.1) is 17.8 Å². The number of carbonyl (C=O) groups is 3. The van der Waals surface area contributed by atoms with Crippen LogP contribution < -0.4 is 5.32 Å². The first-order chi connectivity index (χ1) is 12.1. The normalized spacial score (nSPS) is 28.8. The van der Waals surface area contributed by atoms with Gasteiger partial charge in [0.25, 0.3) is 0 Å². The van der Waals surface area contributed by atoms with Gasteiger partial charge >= 0.3 is 0 Å². The first-order valence-corrected chi connectivity index (χ1v) is 9.58. The Kier molecular flexibility index (Phi) is 5.71. The summed E-state index contributed by atoms with van der Waals surface area (Å²) in [5, 5.41) is 2.86. The molecule has 5 heteroatoms. The van der Waals surface area contributed by atoms with E-state index in [-0.39, 0.29) is 42.0 Å². The van der Waals surface area contributed by atoms with Gasteiger partial charge < -0.3 is 5.32 Å². The average molecular weight is 344 g/mol. The first-order valence-electron chi connectivity index (χ1n) is 9.58. The van der Waals surface area contributed by atoms with Crippen molar-refractivity contribution in [3.8, 4) is 0 Å². The second-order valence-electron chi connectivity index (χ2n) is 7.34. The van der Waals surface area contributed by atoms with E-state index in [1.54, 1.807) is 0 Å². The van der Waals surface area contributed by atoms with Crippen molar-refractivity contribution in [3.05, 3.63) is 23.8 Å². The van der Waals surface area contributed by atoms with Gasteiger partial charge in [-0.25, -0.2) is 0 Å². The maximum Gasteiger partial charge on any atom is 0.240 e. The molecule has 25 heavy (non-hydrogen) atoms. The molecule has 3 amide bonds. The monoisotopic (exact) mass is 344 g/mol. The zero-order valence-electron chi connectivity index (χ0n) is 15.0. The Bertz CT molecular complexity index is 608. The van der Waals surface area contributed by atoms with Crippen molar-refractivity contribution >= 4 is 17.7 Å². The lowest BCUT2D eigenvalue weighted by Crippen LogP contribution is -2.41. The van der Waals surface area contributed by atoms with Gasteiger partial charge in [-0.1, -0.05) is 30.7 Å². The molecule has 2 aliphatic carbocycles. The van der Waals surface area contributed by atoms with Crippen molar-refractivity contribution in [3.63, 3.8) is 0 Å². The van der Waals surface area contributed by atoms with Crippen LogP contribution in [-0.4, -0.2) is 35.7 Å². The van der Waals surface area contributed by atoms with E-state index in [0.717, 1.165) is 25.7 Å². The number of nitrogens with one attached hydrogen (secondary N) is 1. The lowest BCUT2D eigenvalue weighted by atomic mass is 9.76. The summed E-state index contributed by atoms with van der Waals surface area (Å²) in [4.78, 5) is 38.6. The number of fused-ring (bicyclic) bond motifs is 1. The largest absolute Gasteiger partial charge is 0.354 e. The Morgan fingerprint density at radius 1 is 1.28 bits per heavy atom. The van der Waals surface area contributed by atoms with E-state index >= 15 is 0 Å². The summed E-state index contributed by atoms with van der Waals surface area (Å²) < 4.78 is 0. The third-order valence-corrected chi connectivity index (χ3v) is 5.73. The van der Waals surface area contributed by atoms with E-state index in [1.165, 1.54) is 23.3 Å². The number of imide groups is 1. The molecule has 3 aliphatic rings. The SMILES string of the molecule is CC[C@@H]1C=CC[C@H]2C(=O)N(CC(=O)NCCC3=CCCCC3)C(=O)[C@H]12. The van der Waals surface area contributed by atoms with Gasteiger partial charge in [-0.2, -0.15) is 0 Å². The quantitative estimate of drug-likeness (QED) is 0.595. The zero-order chi connectivity index (χ0) is 17.8. The minimum Gasteiger partial charge on any atom is -0.354 e. The molecule has 3 rings (SSSR count). The van der Waals surface area contributed by atoms with Crippen molar-refractivity contribution in [2.75, 3.05) is 13.1 Å². The summed E-state index contributed by atoms with van der Waals surface area (Å²) in [5.74, 6) is -1.02. The van der Waals surface area contributed by atoms with Gasteiger partial charge in [-0.15, -0.1) is 0 Å². The lowest BCUT2D eigenvalue weighted by Gasteiger charge is -2.24. The van der Waals surface area contributed by atoms with Crippen LogP contribution in [0.25, 0.3) is 0 Å². The van der Waals surface area contributed by atoms with Gasteiger partial charge in [0, 0.05) is 6.54 Å². The number of carbonyl (C=O) groups excluding carboxylic acids is 3. The van der Waals surface area contributed by atoms with Crippen molar-refractivity contribution in [1.82, 2.24) is 10.2 Å². The van der Waals surface area contributed by atoms with Gasteiger partial charge in [0.2, 0.25) is 17.7 Å². The fourth-order valence-electron chi connectivity index (χ4n) is 4.30. The van der Waals surface area contributed by atoms with E-state index < -0.39 is 0 Å². The second-order valence-corrected chi connectivity index (χ2v) is 7.34. The molecule has 0 radical (unpaired) electrons. The highest BCUT2D eigenvalue weighted by Gasteiger charge is 2.50. The summed E-state index contributed by atoms with van der Waals surface area (Å²) in [7, 11) is 0. The lowest BCUT2D eigenvalue weighted by molar-refractivity contribution is -0.143. The van der Waals surface area contributed by atoms with E-state index in [2.05, 4.69) is 11.4 Å². The predicted molar refractivity (Wildman–Crippen MR) is 95.4 cm³/mol. The van der Waals surface area contributed by atoms with Gasteiger partial charge in [0.1, 0.15) is 6.54 Å². The van der Waals surface area contributed by atoms with Gasteiger partial charge in [0.05, 0.1) is 11.8 Å². The maximum absolute atomic E-state index is 12.7. The van der Waals surface area contributed by atoms with Crippen LogP contribution in [0.2, 0.25) is 0 Å². The summed E-state index contributed by atoms with van der Waals surface area (Å²) in [6.45, 7) is 2.47. The number of amides is 3. The average Bonchev–Trinajstić information content (AvgIpc) is 2.87. The Morgan fingerprint density at radius 3 is 2.84 bits per heavy atom. The molecule has 1 N–H and O–H groups in total. The van der Waals surface area contributed by atoms with E-state index in [0.29, 0.717) is 13.0 Å². The van der Waals surface area contributed by atoms with Crippen LogP contribution in [0.5, 0.6) is 0 Å². The molecular weight excluding hydrogens is 316 g/mol. The number of rotatable bonds is 6. The van der Waals surface area contributed by atoms with Crippen LogP contribution in [0.1, 0.15) is 51.9 Å². The molecule has 136 valence electrons. The number of hydrogen-bond donors (Lipinski definition) is 1. The van der Waals surface area contributed by atoms with Crippen LogP contribution in [0.15, 0.2) is 23.8 Å². The number of allylic oxidation sites excluding steroid dienone is 3. The van der Waals surface area contributed by atoms with Crippen LogP contribution in [0.3, 0.4) is 0 Å². The number of nitrogens with zero attached hydrogens (tertiary/aromatic N) is 1. The van der Waals surface area contributed by atoms with Crippen LogP contribution in [-0.2, 0) is 14.4 Å². The Hall–Kier alpha value is -1.91. The summed E-state index contributed by atoms with van der Waals surface area (Å²) >= 11 is 0. The highest BCUT2D eigenvalue weighted by Crippen LogP contribution is 2.39. The maximum atomic E-state index is 12.7. The topological polar surface area (TPSA) is 66.5 Å². The van der Waals surface area contributed by atoms with Crippen LogP contribution in [0.4, 0.5) is 0 Å². The molecule has 0 aromatic rings. The number of hydrogen-bond acceptors (Lipinski definition) is 3. The van der Waals surface area contributed by atoms with Crippen LogP contribution >= 0.6 is 0 Å². The molecule has 0 saturated carbocycles.